The molecule has 1 aliphatic carbocycles. The number of hydrogen-bond acceptors (Lipinski definition) is 3. The van der Waals surface area contributed by atoms with Gasteiger partial charge in [0.25, 0.3) is 0 Å². The van der Waals surface area contributed by atoms with E-state index in [4.69, 9.17) is 0 Å². The van der Waals surface area contributed by atoms with Crippen LogP contribution in [0.5, 0.6) is 0 Å². The standard InChI is InChI=1S/C19H31NOS/c1-4-20-14-19(3,21)15(2)16-10-12-18(13-11-16)22-17-8-6-5-7-9-17/h10-13,15,17,20-21H,4-9,14H2,1-3H3. The highest BCUT2D eigenvalue weighted by molar-refractivity contribution is 8.00. The molecule has 0 spiro atoms. The van der Waals surface area contributed by atoms with Gasteiger partial charge < -0.3 is 10.4 Å². The molecule has 22 heavy (non-hydrogen) atoms. The van der Waals surface area contributed by atoms with Crippen molar-refractivity contribution in [1.82, 2.24) is 5.32 Å². The number of benzene rings is 1. The Balaban J connectivity index is 1.95. The van der Waals surface area contributed by atoms with Crippen LogP contribution >= 0.6 is 11.8 Å². The summed E-state index contributed by atoms with van der Waals surface area (Å²) in [6.07, 6.45) is 6.91. The molecule has 0 saturated heterocycles. The Labute approximate surface area is 140 Å². The van der Waals surface area contributed by atoms with Crippen LogP contribution in [0.1, 0.15) is 64.4 Å². The number of nitrogens with one attached hydrogen (secondary N) is 1. The molecular formula is C19H31NOS. The lowest BCUT2D eigenvalue weighted by molar-refractivity contribution is 0.0368. The molecule has 3 heteroatoms. The summed E-state index contributed by atoms with van der Waals surface area (Å²) in [4.78, 5) is 1.37. The zero-order chi connectivity index (χ0) is 16.0. The van der Waals surface area contributed by atoms with Gasteiger partial charge in [-0.25, -0.2) is 0 Å². The van der Waals surface area contributed by atoms with Crippen LogP contribution < -0.4 is 5.32 Å². The number of likely N-dealkylation sites (N-methyl/N-ethyl adjacent to an activating group) is 1. The van der Waals surface area contributed by atoms with Crippen molar-refractivity contribution in [3.8, 4) is 0 Å². The van der Waals surface area contributed by atoms with Crippen molar-refractivity contribution < 1.29 is 5.11 Å². The predicted molar refractivity (Wildman–Crippen MR) is 96.8 cm³/mol. The van der Waals surface area contributed by atoms with Crippen molar-refractivity contribution in [3.05, 3.63) is 29.8 Å². The van der Waals surface area contributed by atoms with Gasteiger partial charge in [-0.05, 0) is 44.0 Å². The van der Waals surface area contributed by atoms with Crippen LogP contribution in [0.4, 0.5) is 0 Å². The molecular weight excluding hydrogens is 290 g/mol. The fourth-order valence-electron chi connectivity index (χ4n) is 3.10. The first kappa shape index (κ1) is 17.8. The molecule has 1 aromatic rings. The van der Waals surface area contributed by atoms with Crippen molar-refractivity contribution in [1.29, 1.82) is 0 Å². The molecule has 1 fully saturated rings. The molecule has 124 valence electrons. The van der Waals surface area contributed by atoms with Gasteiger partial charge in [0, 0.05) is 22.6 Å². The molecule has 0 bridgehead atoms. The highest BCUT2D eigenvalue weighted by Crippen LogP contribution is 2.35. The number of hydrogen-bond donors (Lipinski definition) is 2. The van der Waals surface area contributed by atoms with E-state index in [9.17, 15) is 5.11 Å². The van der Waals surface area contributed by atoms with Gasteiger partial charge in [0.2, 0.25) is 0 Å². The van der Waals surface area contributed by atoms with Crippen LogP contribution in [-0.4, -0.2) is 29.0 Å². The van der Waals surface area contributed by atoms with E-state index >= 15 is 0 Å². The van der Waals surface area contributed by atoms with Gasteiger partial charge in [0.15, 0.2) is 0 Å². The summed E-state index contributed by atoms with van der Waals surface area (Å²) in [6, 6.07) is 8.84. The van der Waals surface area contributed by atoms with Gasteiger partial charge in [0.1, 0.15) is 0 Å². The first-order chi connectivity index (χ1) is 10.5. The maximum atomic E-state index is 10.6. The van der Waals surface area contributed by atoms with Crippen LogP contribution in [0.25, 0.3) is 0 Å². The predicted octanol–water partition coefficient (Wildman–Crippen LogP) is 4.58. The second-order valence-electron chi connectivity index (χ2n) is 6.81. The minimum Gasteiger partial charge on any atom is -0.388 e. The molecule has 2 nitrogen and oxygen atoms in total. The van der Waals surface area contributed by atoms with E-state index in [0.29, 0.717) is 6.54 Å². The van der Waals surface area contributed by atoms with Gasteiger partial charge in [-0.2, -0.15) is 0 Å². The monoisotopic (exact) mass is 321 g/mol. The number of aliphatic hydroxyl groups is 1. The first-order valence-electron chi connectivity index (χ1n) is 8.72. The second-order valence-corrected chi connectivity index (χ2v) is 8.18. The third-order valence-electron chi connectivity index (χ3n) is 4.90. The van der Waals surface area contributed by atoms with E-state index < -0.39 is 5.60 Å². The molecule has 2 rings (SSSR count). The average Bonchev–Trinajstić information content (AvgIpc) is 2.54. The van der Waals surface area contributed by atoms with E-state index in [0.717, 1.165) is 11.8 Å². The Morgan fingerprint density at radius 1 is 1.23 bits per heavy atom. The van der Waals surface area contributed by atoms with E-state index in [1.807, 2.05) is 18.7 Å². The molecule has 0 heterocycles. The molecule has 0 aromatic heterocycles. The SMILES string of the molecule is CCNCC(C)(O)C(C)c1ccc(SC2CCCCC2)cc1. The molecule has 1 aromatic carbocycles. The lowest BCUT2D eigenvalue weighted by atomic mass is 9.85. The van der Waals surface area contributed by atoms with E-state index in [1.54, 1.807) is 0 Å². The maximum absolute atomic E-state index is 10.6. The fourth-order valence-corrected chi connectivity index (χ4v) is 4.35. The summed E-state index contributed by atoms with van der Waals surface area (Å²) in [5.74, 6) is 0.125. The van der Waals surface area contributed by atoms with Crippen LogP contribution in [0, 0.1) is 0 Å². The second kappa shape index (κ2) is 8.37. The third-order valence-corrected chi connectivity index (χ3v) is 6.25. The lowest BCUT2D eigenvalue weighted by Crippen LogP contribution is -2.42. The van der Waals surface area contributed by atoms with Gasteiger partial charge in [0.05, 0.1) is 5.60 Å². The van der Waals surface area contributed by atoms with Crippen LogP contribution in [0.3, 0.4) is 0 Å². The average molecular weight is 322 g/mol. The van der Waals surface area contributed by atoms with Gasteiger partial charge >= 0.3 is 0 Å². The summed E-state index contributed by atoms with van der Waals surface area (Å²) >= 11 is 2.03. The quantitative estimate of drug-likeness (QED) is 0.771. The van der Waals surface area contributed by atoms with Crippen molar-refractivity contribution in [2.45, 2.75) is 74.5 Å². The molecule has 1 aliphatic rings. The van der Waals surface area contributed by atoms with Gasteiger partial charge in [-0.1, -0.05) is 45.2 Å². The highest BCUT2D eigenvalue weighted by atomic mass is 32.2. The topological polar surface area (TPSA) is 32.3 Å². The Kier molecular flexibility index (Phi) is 6.79. The Morgan fingerprint density at radius 3 is 2.45 bits per heavy atom. The molecule has 2 atom stereocenters. The van der Waals surface area contributed by atoms with Crippen LogP contribution in [-0.2, 0) is 0 Å². The summed E-state index contributed by atoms with van der Waals surface area (Å²) in [6.45, 7) is 7.62. The molecule has 1 saturated carbocycles. The summed E-state index contributed by atoms with van der Waals surface area (Å²) < 4.78 is 0. The minimum absolute atomic E-state index is 0.125. The third kappa shape index (κ3) is 5.00. The molecule has 2 unspecified atom stereocenters. The van der Waals surface area contributed by atoms with Crippen molar-refractivity contribution in [2.75, 3.05) is 13.1 Å². The largest absolute Gasteiger partial charge is 0.388 e. The summed E-state index contributed by atoms with van der Waals surface area (Å²) in [7, 11) is 0. The zero-order valence-corrected chi connectivity index (χ0v) is 15.1. The van der Waals surface area contributed by atoms with E-state index in [-0.39, 0.29) is 5.92 Å². The Morgan fingerprint density at radius 2 is 1.86 bits per heavy atom. The summed E-state index contributed by atoms with van der Waals surface area (Å²) in [5.41, 5.74) is 0.504. The first-order valence-corrected chi connectivity index (χ1v) is 9.60. The molecule has 0 radical (unpaired) electrons. The lowest BCUT2D eigenvalue weighted by Gasteiger charge is -2.31. The highest BCUT2D eigenvalue weighted by Gasteiger charge is 2.29. The van der Waals surface area contributed by atoms with Crippen molar-refractivity contribution in [2.24, 2.45) is 0 Å². The molecule has 0 amide bonds. The smallest absolute Gasteiger partial charge is 0.0809 e. The molecule has 2 N–H and O–H groups in total. The fraction of sp³-hybridized carbons (Fsp3) is 0.684. The number of thioether (sulfide) groups is 1. The van der Waals surface area contributed by atoms with Gasteiger partial charge in [-0.15, -0.1) is 11.8 Å². The Bertz CT molecular complexity index is 437. The van der Waals surface area contributed by atoms with Crippen LogP contribution in [0.2, 0.25) is 0 Å². The van der Waals surface area contributed by atoms with Crippen molar-refractivity contribution in [3.63, 3.8) is 0 Å². The van der Waals surface area contributed by atoms with Crippen LogP contribution in [0.15, 0.2) is 29.2 Å². The normalized spacial score (nSPS) is 20.5. The van der Waals surface area contributed by atoms with E-state index in [2.05, 4.69) is 43.4 Å². The summed E-state index contributed by atoms with van der Waals surface area (Å²) in [5, 5.41) is 14.7. The molecule has 0 aliphatic heterocycles. The van der Waals surface area contributed by atoms with E-state index in [1.165, 1.54) is 42.6 Å². The Hall–Kier alpha value is -0.510. The number of rotatable bonds is 7. The zero-order valence-electron chi connectivity index (χ0n) is 14.3. The minimum atomic E-state index is -0.714. The maximum Gasteiger partial charge on any atom is 0.0809 e. The van der Waals surface area contributed by atoms with Crippen molar-refractivity contribution >= 4 is 11.8 Å². The van der Waals surface area contributed by atoms with Gasteiger partial charge in [-0.3, -0.25) is 0 Å².